The van der Waals surface area contributed by atoms with E-state index in [-0.39, 0.29) is 11.5 Å². The quantitative estimate of drug-likeness (QED) is 0.798. The van der Waals surface area contributed by atoms with Crippen molar-refractivity contribution in [1.82, 2.24) is 15.3 Å². The van der Waals surface area contributed by atoms with Gasteiger partial charge in [-0.2, -0.15) is 0 Å². The van der Waals surface area contributed by atoms with Gasteiger partial charge in [-0.25, -0.2) is 18.4 Å². The average molecular weight is 267 g/mol. The van der Waals surface area contributed by atoms with Gasteiger partial charge in [-0.05, 0) is 25.9 Å². The number of rotatable bonds is 1. The molecule has 0 saturated carbocycles. The average Bonchev–Trinajstić information content (AvgIpc) is 2.38. The van der Waals surface area contributed by atoms with Gasteiger partial charge >= 0.3 is 0 Å². The number of aryl methyl sites for hydroxylation is 1. The summed E-state index contributed by atoms with van der Waals surface area (Å²) in [5, 5.41) is 3.32. The number of nitrogens with zero attached hydrogens (tertiary/aromatic N) is 2. The normalized spacial score (nSPS) is 23.6. The molecule has 0 aromatic carbocycles. The summed E-state index contributed by atoms with van der Waals surface area (Å²) in [4.78, 5) is 8.98. The Bertz CT molecular complexity index is 550. The van der Waals surface area contributed by atoms with Gasteiger partial charge in [-0.15, -0.1) is 0 Å². The Morgan fingerprint density at radius 2 is 2.06 bits per heavy atom. The van der Waals surface area contributed by atoms with Crippen molar-refractivity contribution in [2.45, 2.75) is 30.9 Å². The highest BCUT2D eigenvalue weighted by Crippen LogP contribution is 2.25. The molecule has 2 aliphatic heterocycles. The molecule has 1 aromatic rings. The highest BCUT2D eigenvalue weighted by molar-refractivity contribution is 7.90. The minimum Gasteiger partial charge on any atom is -0.317 e. The minimum atomic E-state index is -2.92. The van der Waals surface area contributed by atoms with Crippen LogP contribution in [0.25, 0.3) is 0 Å². The molecule has 0 aliphatic carbocycles. The zero-order valence-electron chi connectivity index (χ0n) is 10.2. The molecule has 3 rings (SSSR count). The summed E-state index contributed by atoms with van der Waals surface area (Å²) in [6, 6.07) is 0. The number of hydrogen-bond acceptors (Lipinski definition) is 5. The van der Waals surface area contributed by atoms with Crippen molar-refractivity contribution >= 4 is 9.84 Å². The molecule has 5 nitrogen and oxygen atoms in total. The Balaban J connectivity index is 1.87. The van der Waals surface area contributed by atoms with E-state index in [1.54, 1.807) is 6.20 Å². The molecule has 0 radical (unpaired) electrons. The lowest BCUT2D eigenvalue weighted by Gasteiger charge is -2.23. The van der Waals surface area contributed by atoms with Crippen LogP contribution in [0.2, 0.25) is 0 Å². The fourth-order valence-corrected chi connectivity index (χ4v) is 4.00. The molecule has 1 saturated heterocycles. The molecule has 1 aromatic heterocycles. The third-order valence-corrected chi connectivity index (χ3v) is 5.28. The smallest absolute Gasteiger partial charge is 0.154 e. The maximum absolute atomic E-state index is 11.5. The van der Waals surface area contributed by atoms with E-state index in [9.17, 15) is 8.42 Å². The van der Waals surface area contributed by atoms with E-state index in [1.807, 2.05) is 0 Å². The predicted molar refractivity (Wildman–Crippen MR) is 68.1 cm³/mol. The first-order valence-corrected chi connectivity index (χ1v) is 8.22. The van der Waals surface area contributed by atoms with Crippen LogP contribution >= 0.6 is 0 Å². The molecule has 1 fully saturated rings. The zero-order valence-corrected chi connectivity index (χ0v) is 11.0. The van der Waals surface area contributed by atoms with E-state index in [0.717, 1.165) is 43.0 Å². The van der Waals surface area contributed by atoms with Crippen molar-refractivity contribution in [1.29, 1.82) is 0 Å². The molecule has 0 atom stereocenters. The van der Waals surface area contributed by atoms with Crippen LogP contribution in [0, 0.1) is 0 Å². The Kier molecular flexibility index (Phi) is 3.07. The number of fused-ring (bicyclic) bond motifs is 1. The molecule has 0 amide bonds. The summed E-state index contributed by atoms with van der Waals surface area (Å²) >= 11 is 0. The van der Waals surface area contributed by atoms with Crippen molar-refractivity contribution in [3.63, 3.8) is 0 Å². The molecule has 98 valence electrons. The van der Waals surface area contributed by atoms with Crippen LogP contribution in [-0.2, 0) is 22.0 Å². The van der Waals surface area contributed by atoms with Gasteiger partial charge in [-0.3, -0.25) is 0 Å². The lowest BCUT2D eigenvalue weighted by molar-refractivity contribution is 0.443. The van der Waals surface area contributed by atoms with Crippen molar-refractivity contribution in [2.24, 2.45) is 0 Å². The summed E-state index contributed by atoms with van der Waals surface area (Å²) in [7, 11) is -2.92. The molecule has 0 bridgehead atoms. The number of aromatic nitrogens is 2. The number of sulfone groups is 1. The summed E-state index contributed by atoms with van der Waals surface area (Å²) in [6.07, 6.45) is 4.39. The number of piperidine rings is 1. The molecule has 18 heavy (non-hydrogen) atoms. The van der Waals surface area contributed by atoms with Crippen LogP contribution < -0.4 is 5.32 Å². The Labute approximate surface area is 107 Å². The summed E-state index contributed by atoms with van der Waals surface area (Å²) in [6.45, 7) is 2.03. The predicted octanol–water partition coefficient (Wildman–Crippen LogP) is 0.414. The van der Waals surface area contributed by atoms with Crippen molar-refractivity contribution in [2.75, 3.05) is 18.8 Å². The second kappa shape index (κ2) is 4.59. The monoisotopic (exact) mass is 267 g/mol. The van der Waals surface area contributed by atoms with Gasteiger partial charge in [0.25, 0.3) is 0 Å². The maximum atomic E-state index is 11.5. The van der Waals surface area contributed by atoms with Crippen molar-refractivity contribution in [3.05, 3.63) is 23.3 Å². The van der Waals surface area contributed by atoms with Crippen LogP contribution in [0.3, 0.4) is 0 Å². The first kappa shape index (κ1) is 12.0. The van der Waals surface area contributed by atoms with Crippen LogP contribution in [0.5, 0.6) is 0 Å². The van der Waals surface area contributed by atoms with Crippen LogP contribution in [0.1, 0.15) is 35.8 Å². The molecule has 3 heterocycles. The van der Waals surface area contributed by atoms with Gasteiger partial charge in [-0.1, -0.05) is 0 Å². The van der Waals surface area contributed by atoms with Gasteiger partial charge in [0.05, 0.1) is 11.5 Å². The van der Waals surface area contributed by atoms with Crippen molar-refractivity contribution in [3.8, 4) is 0 Å². The van der Waals surface area contributed by atoms with Crippen LogP contribution in [-0.4, -0.2) is 37.2 Å². The summed E-state index contributed by atoms with van der Waals surface area (Å²) < 4.78 is 23.1. The highest BCUT2D eigenvalue weighted by Gasteiger charge is 2.25. The largest absolute Gasteiger partial charge is 0.317 e. The summed E-state index contributed by atoms with van der Waals surface area (Å²) in [5.74, 6) is 1.65. The minimum absolute atomic E-state index is 0.106. The topological polar surface area (TPSA) is 72.0 Å². The van der Waals surface area contributed by atoms with Gasteiger partial charge in [0.2, 0.25) is 0 Å². The SMILES string of the molecule is O=S1(=O)CCc2nc(C3CCNCC3)ncc2C1. The maximum Gasteiger partial charge on any atom is 0.154 e. The van der Waals surface area contributed by atoms with Gasteiger partial charge in [0, 0.05) is 29.8 Å². The molecular formula is C12H17N3O2S. The fraction of sp³-hybridized carbons (Fsp3) is 0.667. The number of hydrogen-bond donors (Lipinski definition) is 1. The second-order valence-corrected chi connectivity index (χ2v) is 7.25. The Hall–Kier alpha value is -1.01. The van der Waals surface area contributed by atoms with Crippen molar-refractivity contribution < 1.29 is 8.42 Å². The van der Waals surface area contributed by atoms with E-state index in [2.05, 4.69) is 15.3 Å². The molecular weight excluding hydrogens is 250 g/mol. The van der Waals surface area contributed by atoms with Gasteiger partial charge < -0.3 is 5.32 Å². The standard InChI is InChI=1S/C12H17N3O2S/c16-18(17)6-3-11-10(8-18)7-14-12(15-11)9-1-4-13-5-2-9/h7,9,13H,1-6,8H2. The van der Waals surface area contributed by atoms with Gasteiger partial charge in [0.15, 0.2) is 9.84 Å². The summed E-state index contributed by atoms with van der Waals surface area (Å²) in [5.41, 5.74) is 1.73. The molecule has 0 spiro atoms. The van der Waals surface area contributed by atoms with Crippen LogP contribution in [0.4, 0.5) is 0 Å². The third kappa shape index (κ3) is 2.40. The second-order valence-electron chi connectivity index (χ2n) is 5.07. The highest BCUT2D eigenvalue weighted by atomic mass is 32.2. The lowest BCUT2D eigenvalue weighted by Crippen LogP contribution is -2.28. The van der Waals surface area contributed by atoms with E-state index >= 15 is 0 Å². The molecule has 6 heteroatoms. The third-order valence-electron chi connectivity index (χ3n) is 3.70. The Morgan fingerprint density at radius 3 is 2.83 bits per heavy atom. The first-order chi connectivity index (χ1) is 8.64. The fourth-order valence-electron chi connectivity index (χ4n) is 2.63. The molecule has 2 aliphatic rings. The Morgan fingerprint density at radius 1 is 1.28 bits per heavy atom. The van der Waals surface area contributed by atoms with Crippen LogP contribution in [0.15, 0.2) is 6.20 Å². The lowest BCUT2D eigenvalue weighted by atomic mass is 9.97. The zero-order chi connectivity index (χ0) is 12.6. The van der Waals surface area contributed by atoms with E-state index in [4.69, 9.17) is 0 Å². The number of nitrogens with one attached hydrogen (secondary N) is 1. The van der Waals surface area contributed by atoms with E-state index < -0.39 is 9.84 Å². The molecule has 1 N–H and O–H groups in total. The van der Waals surface area contributed by atoms with E-state index in [0.29, 0.717) is 12.3 Å². The first-order valence-electron chi connectivity index (χ1n) is 6.40. The van der Waals surface area contributed by atoms with E-state index in [1.165, 1.54) is 0 Å². The van der Waals surface area contributed by atoms with Gasteiger partial charge in [0.1, 0.15) is 5.82 Å². The molecule has 0 unspecified atom stereocenters.